The molecule has 0 amide bonds. The molecule has 0 spiro atoms. The molecule has 0 bridgehead atoms. The topological polar surface area (TPSA) is 89.3 Å². The van der Waals surface area contributed by atoms with Crippen LogP contribution in [0.25, 0.3) is 0 Å². The summed E-state index contributed by atoms with van der Waals surface area (Å²) < 4.78 is 22.2. The molecule has 0 unspecified atom stereocenters. The molecule has 0 atom stereocenters. The van der Waals surface area contributed by atoms with Crippen LogP contribution in [0.4, 0.5) is 0 Å². The van der Waals surface area contributed by atoms with E-state index in [1.54, 1.807) is 28.4 Å². The highest BCUT2D eigenvalue weighted by atomic mass is 32.2. The number of ether oxygens (including phenoxy) is 4. The Morgan fingerprint density at radius 2 is 1.34 bits per heavy atom. The van der Waals surface area contributed by atoms with Gasteiger partial charge in [-0.05, 0) is 44.1 Å². The number of methoxy groups -OCH3 is 4. The first kappa shape index (κ1) is 25.0. The SMILES string of the molecule is COc1c(C)c(CCCSCCCCCCO[N+](=O)[O-])c(OC)c(OC)c1OC. The molecule has 0 heterocycles. The van der Waals surface area contributed by atoms with Crippen LogP contribution in [0.3, 0.4) is 0 Å². The molecule has 0 saturated carbocycles. The Kier molecular flexibility index (Phi) is 12.1. The zero-order valence-electron chi connectivity index (χ0n) is 18.1. The highest BCUT2D eigenvalue weighted by Crippen LogP contribution is 2.49. The van der Waals surface area contributed by atoms with Crippen LogP contribution in [0.5, 0.6) is 23.0 Å². The molecule has 0 aromatic heterocycles. The van der Waals surface area contributed by atoms with Gasteiger partial charge in [0.15, 0.2) is 11.5 Å². The third kappa shape index (κ3) is 7.72. The fourth-order valence-electron chi connectivity index (χ4n) is 3.21. The van der Waals surface area contributed by atoms with Crippen molar-refractivity contribution >= 4 is 11.8 Å². The minimum Gasteiger partial charge on any atom is -0.492 e. The monoisotopic (exact) mass is 431 g/mol. The summed E-state index contributed by atoms with van der Waals surface area (Å²) in [5, 5.41) is 9.32. The molecule has 0 radical (unpaired) electrons. The first-order valence-electron chi connectivity index (χ1n) is 9.72. The number of hydrogen-bond donors (Lipinski definition) is 0. The molecule has 0 fully saturated rings. The quantitative estimate of drug-likeness (QED) is 0.215. The van der Waals surface area contributed by atoms with Gasteiger partial charge < -0.3 is 23.8 Å². The van der Waals surface area contributed by atoms with E-state index in [1.807, 2.05) is 18.7 Å². The highest BCUT2D eigenvalue weighted by Gasteiger charge is 2.24. The minimum atomic E-state index is -0.736. The van der Waals surface area contributed by atoms with Crippen molar-refractivity contribution in [2.75, 3.05) is 46.6 Å². The molecule has 29 heavy (non-hydrogen) atoms. The summed E-state index contributed by atoms with van der Waals surface area (Å²) in [6.45, 7) is 2.20. The zero-order chi connectivity index (χ0) is 21.6. The van der Waals surface area contributed by atoms with Crippen LogP contribution >= 0.6 is 11.8 Å². The van der Waals surface area contributed by atoms with E-state index in [4.69, 9.17) is 18.9 Å². The van der Waals surface area contributed by atoms with Crippen molar-refractivity contribution in [3.63, 3.8) is 0 Å². The van der Waals surface area contributed by atoms with Crippen molar-refractivity contribution in [3.05, 3.63) is 21.2 Å². The van der Waals surface area contributed by atoms with Crippen LogP contribution < -0.4 is 18.9 Å². The van der Waals surface area contributed by atoms with Gasteiger partial charge in [0.1, 0.15) is 0 Å². The van der Waals surface area contributed by atoms with Gasteiger partial charge in [-0.1, -0.05) is 12.8 Å². The van der Waals surface area contributed by atoms with Crippen molar-refractivity contribution in [2.45, 2.75) is 45.4 Å². The van der Waals surface area contributed by atoms with Crippen molar-refractivity contribution in [3.8, 4) is 23.0 Å². The molecule has 9 heteroatoms. The number of rotatable bonds is 16. The summed E-state index contributed by atoms with van der Waals surface area (Å²) in [5.41, 5.74) is 2.08. The standard InChI is InChI=1S/C20H33NO7S/c1-15-16(18(25-3)20(27-5)19(26-4)17(15)24-2)11-10-14-29-13-9-7-6-8-12-28-21(22)23/h6-14H2,1-5H3. The van der Waals surface area contributed by atoms with E-state index < -0.39 is 5.09 Å². The fourth-order valence-corrected chi connectivity index (χ4v) is 4.17. The van der Waals surface area contributed by atoms with Crippen molar-refractivity contribution < 1.29 is 28.9 Å². The smallest absolute Gasteiger partial charge is 0.294 e. The predicted molar refractivity (Wildman–Crippen MR) is 114 cm³/mol. The first-order chi connectivity index (χ1) is 14.0. The molecule has 1 aromatic rings. The van der Waals surface area contributed by atoms with Crippen molar-refractivity contribution in [1.82, 2.24) is 0 Å². The van der Waals surface area contributed by atoms with Crippen LogP contribution in [0.2, 0.25) is 0 Å². The van der Waals surface area contributed by atoms with Gasteiger partial charge in [-0.25, -0.2) is 0 Å². The van der Waals surface area contributed by atoms with E-state index in [2.05, 4.69) is 4.84 Å². The second-order valence-corrected chi connectivity index (χ2v) is 7.65. The molecule has 0 aliphatic heterocycles. The third-order valence-corrected chi connectivity index (χ3v) is 5.75. The second kappa shape index (κ2) is 14.0. The lowest BCUT2D eigenvalue weighted by Gasteiger charge is -2.21. The molecule has 0 aliphatic rings. The van der Waals surface area contributed by atoms with Crippen LogP contribution in [0.1, 0.15) is 43.2 Å². The van der Waals surface area contributed by atoms with Gasteiger partial charge >= 0.3 is 0 Å². The highest BCUT2D eigenvalue weighted by molar-refractivity contribution is 7.99. The Balaban J connectivity index is 2.47. The summed E-state index contributed by atoms with van der Waals surface area (Å²) in [6, 6.07) is 0. The average molecular weight is 432 g/mol. The first-order valence-corrected chi connectivity index (χ1v) is 10.9. The van der Waals surface area contributed by atoms with Crippen LogP contribution in [0, 0.1) is 17.0 Å². The number of thioether (sulfide) groups is 1. The van der Waals surface area contributed by atoms with Gasteiger partial charge in [0.05, 0.1) is 35.0 Å². The van der Waals surface area contributed by atoms with E-state index in [-0.39, 0.29) is 6.61 Å². The van der Waals surface area contributed by atoms with E-state index in [0.717, 1.165) is 61.2 Å². The predicted octanol–water partition coefficient (Wildman–Crippen LogP) is 4.46. The van der Waals surface area contributed by atoms with Gasteiger partial charge in [-0.2, -0.15) is 11.8 Å². The molecular formula is C20H33NO7S. The van der Waals surface area contributed by atoms with E-state index in [1.165, 1.54) is 0 Å². The van der Waals surface area contributed by atoms with Crippen molar-refractivity contribution in [2.24, 2.45) is 0 Å². The van der Waals surface area contributed by atoms with Crippen LogP contribution in [-0.4, -0.2) is 51.6 Å². The maximum atomic E-state index is 10.1. The maximum absolute atomic E-state index is 10.1. The third-order valence-electron chi connectivity index (χ3n) is 4.60. The molecule has 0 aliphatic carbocycles. The van der Waals surface area contributed by atoms with Crippen LogP contribution in [0.15, 0.2) is 0 Å². The molecule has 166 valence electrons. The molecule has 0 N–H and O–H groups in total. The van der Waals surface area contributed by atoms with Crippen molar-refractivity contribution in [1.29, 1.82) is 0 Å². The summed E-state index contributed by atoms with van der Waals surface area (Å²) in [4.78, 5) is 14.4. The summed E-state index contributed by atoms with van der Waals surface area (Å²) >= 11 is 1.92. The van der Waals surface area contributed by atoms with Gasteiger partial charge in [-0.15, -0.1) is 10.1 Å². The second-order valence-electron chi connectivity index (χ2n) is 6.42. The summed E-state index contributed by atoms with van der Waals surface area (Å²) in [5.74, 6) is 4.61. The normalized spacial score (nSPS) is 10.5. The largest absolute Gasteiger partial charge is 0.492 e. The molecule has 1 rings (SSSR count). The molecular weight excluding hydrogens is 398 g/mol. The van der Waals surface area contributed by atoms with E-state index in [9.17, 15) is 10.1 Å². The van der Waals surface area contributed by atoms with Gasteiger partial charge in [0, 0.05) is 11.1 Å². The maximum Gasteiger partial charge on any atom is 0.294 e. The average Bonchev–Trinajstić information content (AvgIpc) is 2.71. The minimum absolute atomic E-state index is 0.191. The number of nitrogens with zero attached hydrogens (tertiary/aromatic N) is 1. The van der Waals surface area contributed by atoms with Gasteiger partial charge in [0.2, 0.25) is 11.5 Å². The number of benzene rings is 1. The Morgan fingerprint density at radius 3 is 1.93 bits per heavy atom. The zero-order valence-corrected chi connectivity index (χ0v) is 18.9. The Morgan fingerprint density at radius 1 is 0.793 bits per heavy atom. The summed E-state index contributed by atoms with van der Waals surface area (Å²) in [6.07, 6.45) is 5.72. The molecule has 8 nitrogen and oxygen atoms in total. The van der Waals surface area contributed by atoms with Crippen LogP contribution in [-0.2, 0) is 11.3 Å². The Hall–Kier alpha value is -2.03. The Labute approximate surface area is 177 Å². The molecule has 1 aromatic carbocycles. The lowest BCUT2D eigenvalue weighted by molar-refractivity contribution is -0.757. The summed E-state index contributed by atoms with van der Waals surface area (Å²) in [7, 11) is 6.45. The van der Waals surface area contributed by atoms with Gasteiger partial charge in [0.25, 0.3) is 5.09 Å². The lowest BCUT2D eigenvalue weighted by atomic mass is 10.00. The number of hydrogen-bond acceptors (Lipinski definition) is 8. The van der Waals surface area contributed by atoms with E-state index >= 15 is 0 Å². The lowest BCUT2D eigenvalue weighted by Crippen LogP contribution is -2.05. The Bertz CT molecular complexity index is 640. The van der Waals surface area contributed by atoms with E-state index in [0.29, 0.717) is 23.0 Å². The number of unbranched alkanes of at least 4 members (excludes halogenated alkanes) is 3. The molecule has 0 saturated heterocycles. The fraction of sp³-hybridized carbons (Fsp3) is 0.700. The van der Waals surface area contributed by atoms with Gasteiger partial charge in [-0.3, -0.25) is 0 Å².